The van der Waals surface area contributed by atoms with Gasteiger partial charge in [-0.15, -0.1) is 0 Å². The first-order valence-electron chi connectivity index (χ1n) is 8.57. The summed E-state index contributed by atoms with van der Waals surface area (Å²) >= 11 is 5.77. The van der Waals surface area contributed by atoms with Gasteiger partial charge >= 0.3 is 0 Å². The third-order valence-corrected chi connectivity index (χ3v) is 6.76. The van der Waals surface area contributed by atoms with Crippen molar-refractivity contribution in [2.45, 2.75) is 17.7 Å². The Morgan fingerprint density at radius 2 is 1.96 bits per heavy atom. The molecule has 1 fully saturated rings. The molecule has 2 aromatic rings. The number of carbonyl (C=O) groups is 2. The van der Waals surface area contributed by atoms with Gasteiger partial charge in [-0.25, -0.2) is 13.4 Å². The minimum Gasteiger partial charge on any atom is -0.364 e. The Hall–Kier alpha value is -2.43. The van der Waals surface area contributed by atoms with Crippen molar-refractivity contribution in [3.05, 3.63) is 41.3 Å². The number of rotatable bonds is 5. The van der Waals surface area contributed by atoms with Gasteiger partial charge in [-0.05, 0) is 31.0 Å². The Labute approximate surface area is 167 Å². The Kier molecular flexibility index (Phi) is 5.73. The number of hydrogen-bond donors (Lipinski definition) is 2. The van der Waals surface area contributed by atoms with Crippen LogP contribution >= 0.6 is 11.6 Å². The summed E-state index contributed by atoms with van der Waals surface area (Å²) in [7, 11) is -2.21. The fourth-order valence-corrected chi connectivity index (χ4v) is 4.76. The molecule has 2 aromatic heterocycles. The van der Waals surface area contributed by atoms with Crippen molar-refractivity contribution in [2.75, 3.05) is 18.4 Å². The third kappa shape index (κ3) is 4.18. The number of hydrogen-bond acceptors (Lipinski definition) is 5. The van der Waals surface area contributed by atoms with E-state index in [-0.39, 0.29) is 35.5 Å². The topological polar surface area (TPSA) is 127 Å². The number of aryl methyl sites for hydroxylation is 1. The second kappa shape index (κ2) is 7.90. The van der Waals surface area contributed by atoms with Gasteiger partial charge in [0.15, 0.2) is 0 Å². The van der Waals surface area contributed by atoms with Gasteiger partial charge in [0.25, 0.3) is 5.91 Å². The minimum absolute atomic E-state index is 0.0112. The number of piperidine rings is 1. The van der Waals surface area contributed by atoms with Crippen LogP contribution < -0.4 is 11.1 Å². The van der Waals surface area contributed by atoms with Crippen molar-refractivity contribution < 1.29 is 18.0 Å². The number of halogens is 1. The minimum atomic E-state index is -3.76. The number of nitrogens with two attached hydrogens (primary N) is 1. The van der Waals surface area contributed by atoms with Crippen LogP contribution in [0.4, 0.5) is 5.82 Å². The molecule has 2 amide bonds. The van der Waals surface area contributed by atoms with E-state index < -0.39 is 15.9 Å². The Bertz CT molecular complexity index is 995. The normalized spacial score (nSPS) is 16.1. The predicted octanol–water partition coefficient (Wildman–Crippen LogP) is 1.21. The quantitative estimate of drug-likeness (QED) is 0.744. The number of nitrogens with zero attached hydrogens (tertiary/aromatic N) is 3. The zero-order valence-corrected chi connectivity index (χ0v) is 16.7. The number of amides is 2. The fourth-order valence-electron chi connectivity index (χ4n) is 3.11. The summed E-state index contributed by atoms with van der Waals surface area (Å²) in [5.41, 5.74) is 5.36. The highest BCUT2D eigenvalue weighted by atomic mass is 35.5. The average Bonchev–Trinajstić information content (AvgIpc) is 3.06. The third-order valence-electron chi connectivity index (χ3n) is 4.67. The number of aromatic nitrogens is 2. The lowest BCUT2D eigenvalue weighted by atomic mass is 9.97. The fraction of sp³-hybridized carbons (Fsp3) is 0.353. The van der Waals surface area contributed by atoms with Crippen molar-refractivity contribution in [3.63, 3.8) is 0 Å². The standard InChI is InChI=1S/C17H20ClN5O4S/c1-22-10-13(8-14(22)16(19)24)28(26,27)23-6-4-11(5-7-23)17(25)21-15-3-2-12(18)9-20-15/h2-3,8-11H,4-7H2,1H3,(H2,19,24)(H,20,21,25). The molecule has 1 aliphatic rings. The highest BCUT2D eigenvalue weighted by Gasteiger charge is 2.33. The molecule has 1 saturated heterocycles. The van der Waals surface area contributed by atoms with E-state index in [0.29, 0.717) is 23.7 Å². The monoisotopic (exact) mass is 425 g/mol. The molecule has 0 bridgehead atoms. The summed E-state index contributed by atoms with van der Waals surface area (Å²) in [6, 6.07) is 4.49. The smallest absolute Gasteiger partial charge is 0.265 e. The molecule has 0 aromatic carbocycles. The molecule has 0 atom stereocenters. The van der Waals surface area contributed by atoms with Crippen LogP contribution in [0.15, 0.2) is 35.5 Å². The van der Waals surface area contributed by atoms with Gasteiger partial charge in [0.2, 0.25) is 15.9 Å². The van der Waals surface area contributed by atoms with Gasteiger partial charge < -0.3 is 15.6 Å². The molecule has 3 heterocycles. The van der Waals surface area contributed by atoms with Crippen molar-refractivity contribution in [3.8, 4) is 0 Å². The van der Waals surface area contributed by atoms with Crippen molar-refractivity contribution in [1.82, 2.24) is 13.9 Å². The van der Waals surface area contributed by atoms with E-state index in [1.807, 2.05) is 0 Å². The van der Waals surface area contributed by atoms with E-state index in [2.05, 4.69) is 10.3 Å². The van der Waals surface area contributed by atoms with Gasteiger partial charge in [0, 0.05) is 38.4 Å². The van der Waals surface area contributed by atoms with Crippen molar-refractivity contribution in [2.24, 2.45) is 18.7 Å². The zero-order chi connectivity index (χ0) is 20.5. The largest absolute Gasteiger partial charge is 0.364 e. The molecule has 150 valence electrons. The molecule has 0 spiro atoms. The average molecular weight is 426 g/mol. The molecule has 0 saturated carbocycles. The molecular weight excluding hydrogens is 406 g/mol. The van der Waals surface area contributed by atoms with Crippen LogP contribution in [0.2, 0.25) is 5.02 Å². The summed E-state index contributed by atoms with van der Waals surface area (Å²) in [6.07, 6.45) is 3.56. The van der Waals surface area contributed by atoms with Crippen LogP contribution in [-0.2, 0) is 21.9 Å². The maximum atomic E-state index is 12.8. The van der Waals surface area contributed by atoms with Gasteiger partial charge in [-0.3, -0.25) is 9.59 Å². The first-order chi connectivity index (χ1) is 13.2. The second-order valence-electron chi connectivity index (χ2n) is 6.57. The first kappa shape index (κ1) is 20.3. The molecule has 0 radical (unpaired) electrons. The van der Waals surface area contributed by atoms with E-state index in [9.17, 15) is 18.0 Å². The second-order valence-corrected chi connectivity index (χ2v) is 8.94. The highest BCUT2D eigenvalue weighted by molar-refractivity contribution is 7.89. The molecule has 0 unspecified atom stereocenters. The number of primary amides is 1. The Morgan fingerprint density at radius 3 is 2.50 bits per heavy atom. The molecule has 3 N–H and O–H groups in total. The molecule has 3 rings (SSSR count). The number of anilines is 1. The van der Waals surface area contributed by atoms with Crippen LogP contribution in [-0.4, -0.2) is 47.2 Å². The number of pyridine rings is 1. The maximum absolute atomic E-state index is 12.8. The molecule has 11 heteroatoms. The summed E-state index contributed by atoms with van der Waals surface area (Å²) < 4.78 is 28.3. The van der Waals surface area contributed by atoms with Gasteiger partial charge in [-0.1, -0.05) is 11.6 Å². The lowest BCUT2D eigenvalue weighted by Gasteiger charge is -2.30. The predicted molar refractivity (Wildman–Crippen MR) is 103 cm³/mol. The molecule has 28 heavy (non-hydrogen) atoms. The Morgan fingerprint density at radius 1 is 1.29 bits per heavy atom. The molecule has 1 aliphatic heterocycles. The summed E-state index contributed by atoms with van der Waals surface area (Å²) in [6.45, 7) is 0.407. The summed E-state index contributed by atoms with van der Waals surface area (Å²) in [5, 5.41) is 3.19. The zero-order valence-electron chi connectivity index (χ0n) is 15.1. The van der Waals surface area contributed by atoms with E-state index in [0.717, 1.165) is 0 Å². The van der Waals surface area contributed by atoms with E-state index >= 15 is 0 Å². The summed E-state index contributed by atoms with van der Waals surface area (Å²) in [5.74, 6) is -0.827. The van der Waals surface area contributed by atoms with Gasteiger partial charge in [0.1, 0.15) is 16.4 Å². The van der Waals surface area contributed by atoms with Gasteiger partial charge in [0.05, 0.1) is 5.02 Å². The van der Waals surface area contributed by atoms with Crippen LogP contribution in [0, 0.1) is 5.92 Å². The lowest BCUT2D eigenvalue weighted by Crippen LogP contribution is -2.41. The van der Waals surface area contributed by atoms with Crippen LogP contribution in [0.3, 0.4) is 0 Å². The van der Waals surface area contributed by atoms with Crippen molar-refractivity contribution >= 4 is 39.3 Å². The molecule has 9 nitrogen and oxygen atoms in total. The first-order valence-corrected chi connectivity index (χ1v) is 10.4. The number of sulfonamides is 1. The molecule has 0 aliphatic carbocycles. The number of nitrogens with one attached hydrogen (secondary N) is 1. The maximum Gasteiger partial charge on any atom is 0.265 e. The van der Waals surface area contributed by atoms with Crippen molar-refractivity contribution in [1.29, 1.82) is 0 Å². The van der Waals surface area contributed by atoms with Crippen LogP contribution in [0.5, 0.6) is 0 Å². The highest BCUT2D eigenvalue weighted by Crippen LogP contribution is 2.25. The van der Waals surface area contributed by atoms with Crippen LogP contribution in [0.1, 0.15) is 23.3 Å². The van der Waals surface area contributed by atoms with E-state index in [1.54, 1.807) is 19.2 Å². The van der Waals surface area contributed by atoms with Crippen LogP contribution in [0.25, 0.3) is 0 Å². The summed E-state index contributed by atoms with van der Waals surface area (Å²) in [4.78, 5) is 27.8. The van der Waals surface area contributed by atoms with E-state index in [4.69, 9.17) is 17.3 Å². The molecular formula is C17H20ClN5O4S. The van der Waals surface area contributed by atoms with Gasteiger partial charge in [-0.2, -0.15) is 4.31 Å². The number of carbonyl (C=O) groups excluding carboxylic acids is 2. The SMILES string of the molecule is Cn1cc(S(=O)(=O)N2CCC(C(=O)Nc3ccc(Cl)cn3)CC2)cc1C(N)=O. The Balaban J connectivity index is 1.64. The van der Waals surface area contributed by atoms with E-state index in [1.165, 1.54) is 27.3 Å². The lowest BCUT2D eigenvalue weighted by molar-refractivity contribution is -0.120.